The van der Waals surface area contributed by atoms with E-state index in [1.54, 1.807) is 0 Å². The van der Waals surface area contributed by atoms with Crippen molar-refractivity contribution in [2.24, 2.45) is 11.8 Å². The van der Waals surface area contributed by atoms with Gasteiger partial charge in [-0.1, -0.05) is 48.4 Å². The van der Waals surface area contributed by atoms with Crippen molar-refractivity contribution in [1.29, 1.82) is 0 Å². The molecule has 0 amide bonds. The molecule has 1 rings (SSSR count). The largest absolute Gasteiger partial charge is 0.481 e. The SMILES string of the molecule is CC(C)CC(C(=O)O)C(O)[P+](=O)CSc1ccccc1. The van der Waals surface area contributed by atoms with Gasteiger partial charge in [0.15, 0.2) is 5.49 Å². The lowest BCUT2D eigenvalue weighted by atomic mass is 9.98. The molecule has 3 unspecified atom stereocenters. The molecule has 0 heterocycles. The van der Waals surface area contributed by atoms with Crippen LogP contribution in [0.15, 0.2) is 35.2 Å². The second-order valence-corrected chi connectivity index (χ2v) is 8.15. The Morgan fingerprint density at radius 2 is 1.90 bits per heavy atom. The van der Waals surface area contributed by atoms with Crippen molar-refractivity contribution in [3.05, 3.63) is 30.3 Å². The van der Waals surface area contributed by atoms with Crippen LogP contribution in [-0.4, -0.2) is 27.5 Å². The number of thioether (sulfide) groups is 1. The van der Waals surface area contributed by atoms with E-state index >= 15 is 0 Å². The number of hydrogen-bond donors (Lipinski definition) is 2. The van der Waals surface area contributed by atoms with Gasteiger partial charge in [0, 0.05) is 4.90 Å². The molecule has 0 spiro atoms. The normalized spacial score (nSPS) is 14.9. The van der Waals surface area contributed by atoms with E-state index in [0.29, 0.717) is 6.42 Å². The number of carboxylic acid groups (broad SMARTS) is 1. The van der Waals surface area contributed by atoms with E-state index in [4.69, 9.17) is 5.11 Å². The number of carboxylic acids is 1. The summed E-state index contributed by atoms with van der Waals surface area (Å²) in [6.45, 7) is 3.77. The van der Waals surface area contributed by atoms with Crippen LogP contribution in [0.25, 0.3) is 0 Å². The lowest BCUT2D eigenvalue weighted by Gasteiger charge is -2.14. The van der Waals surface area contributed by atoms with Crippen LogP contribution in [0.1, 0.15) is 20.3 Å². The Hall–Kier alpha value is -0.900. The smallest absolute Gasteiger partial charge is 0.382 e. The number of aliphatic hydroxyl groups is 1. The molecule has 0 aliphatic carbocycles. The Morgan fingerprint density at radius 1 is 1.30 bits per heavy atom. The standard InChI is InChI=1S/C14H19O4PS/c1-10(2)8-12(13(15)16)14(17)19(18)9-20-11-6-4-3-5-7-11/h3-7,10,12,14,17H,8-9H2,1-2H3/p+1. The highest BCUT2D eigenvalue weighted by Crippen LogP contribution is 2.39. The first-order chi connectivity index (χ1) is 9.41. The number of hydrogen-bond acceptors (Lipinski definition) is 4. The van der Waals surface area contributed by atoms with Crippen LogP contribution in [0.2, 0.25) is 0 Å². The van der Waals surface area contributed by atoms with Gasteiger partial charge in [0.25, 0.3) is 5.85 Å². The van der Waals surface area contributed by atoms with Crippen LogP contribution in [0.3, 0.4) is 0 Å². The van der Waals surface area contributed by atoms with E-state index in [2.05, 4.69) is 0 Å². The Kier molecular flexibility index (Phi) is 7.20. The van der Waals surface area contributed by atoms with Crippen LogP contribution < -0.4 is 0 Å². The lowest BCUT2D eigenvalue weighted by Crippen LogP contribution is -2.27. The van der Waals surface area contributed by atoms with Gasteiger partial charge in [-0.25, -0.2) is 0 Å². The second kappa shape index (κ2) is 8.40. The van der Waals surface area contributed by atoms with Crippen molar-refractivity contribution in [3.8, 4) is 0 Å². The van der Waals surface area contributed by atoms with Crippen LogP contribution in [-0.2, 0) is 9.36 Å². The average molecular weight is 315 g/mol. The van der Waals surface area contributed by atoms with Crippen molar-refractivity contribution in [1.82, 2.24) is 0 Å². The molecule has 0 saturated carbocycles. The number of aliphatic carboxylic acids is 1. The minimum absolute atomic E-state index is 0.135. The van der Waals surface area contributed by atoms with E-state index in [1.165, 1.54) is 11.8 Å². The first kappa shape index (κ1) is 17.2. The van der Waals surface area contributed by atoms with Crippen LogP contribution in [0.4, 0.5) is 0 Å². The molecule has 110 valence electrons. The van der Waals surface area contributed by atoms with Crippen LogP contribution >= 0.6 is 19.6 Å². The fourth-order valence-corrected chi connectivity index (χ4v) is 4.51. The molecule has 1 aromatic rings. The third-order valence-electron chi connectivity index (χ3n) is 2.80. The van der Waals surface area contributed by atoms with Crippen molar-refractivity contribution in [2.45, 2.75) is 31.0 Å². The average Bonchev–Trinajstić information content (AvgIpc) is 2.42. The summed E-state index contributed by atoms with van der Waals surface area (Å²) in [5.41, 5.74) is 0.225. The third-order valence-corrected chi connectivity index (χ3v) is 5.89. The molecule has 0 saturated heterocycles. The zero-order chi connectivity index (χ0) is 15.1. The summed E-state index contributed by atoms with van der Waals surface area (Å²) in [6.07, 6.45) is 0.327. The second-order valence-electron chi connectivity index (χ2n) is 4.99. The minimum atomic E-state index is -1.98. The zero-order valence-corrected chi connectivity index (χ0v) is 13.3. The molecule has 0 aromatic heterocycles. The molecule has 0 radical (unpaired) electrons. The maximum Gasteiger partial charge on any atom is 0.382 e. The fourth-order valence-electron chi connectivity index (χ4n) is 1.79. The summed E-state index contributed by atoms with van der Waals surface area (Å²) in [4.78, 5) is 12.1. The molecular weight excluding hydrogens is 295 g/mol. The highest BCUT2D eigenvalue weighted by atomic mass is 32.2. The minimum Gasteiger partial charge on any atom is -0.481 e. The summed E-state index contributed by atoms with van der Waals surface area (Å²) in [5, 5.41) is 19.1. The Morgan fingerprint density at radius 3 is 2.40 bits per heavy atom. The number of rotatable bonds is 8. The molecule has 2 N–H and O–H groups in total. The lowest BCUT2D eigenvalue weighted by molar-refractivity contribution is -0.144. The van der Waals surface area contributed by atoms with Gasteiger partial charge in [-0.2, -0.15) is 0 Å². The van der Waals surface area contributed by atoms with E-state index in [0.717, 1.165) is 4.90 Å². The van der Waals surface area contributed by atoms with Crippen molar-refractivity contribution < 1.29 is 19.6 Å². The topological polar surface area (TPSA) is 74.6 Å². The summed E-state index contributed by atoms with van der Waals surface area (Å²) in [5.74, 6) is -3.20. The van der Waals surface area contributed by atoms with Gasteiger partial charge in [-0.05, 0) is 24.5 Å². The van der Waals surface area contributed by atoms with Gasteiger partial charge < -0.3 is 10.2 Å². The molecule has 0 fully saturated rings. The van der Waals surface area contributed by atoms with Crippen LogP contribution in [0, 0.1) is 11.8 Å². The molecule has 6 heteroatoms. The number of benzene rings is 1. The molecular formula is C14H20O4PS+. The molecule has 4 nitrogen and oxygen atoms in total. The summed E-state index contributed by atoms with van der Waals surface area (Å²) >= 11 is 1.37. The highest BCUT2D eigenvalue weighted by molar-refractivity contribution is 8.03. The van der Waals surface area contributed by atoms with E-state index in [1.807, 2.05) is 44.2 Å². The first-order valence-corrected chi connectivity index (χ1v) is 8.94. The summed E-state index contributed by atoms with van der Waals surface area (Å²) in [6, 6.07) is 9.43. The van der Waals surface area contributed by atoms with Gasteiger partial charge in [0.1, 0.15) is 5.92 Å². The van der Waals surface area contributed by atoms with Crippen molar-refractivity contribution >= 4 is 25.5 Å². The monoisotopic (exact) mass is 315 g/mol. The van der Waals surface area contributed by atoms with E-state index < -0.39 is 25.5 Å². The molecule has 3 atom stereocenters. The maximum absolute atomic E-state index is 12.1. The highest BCUT2D eigenvalue weighted by Gasteiger charge is 2.40. The predicted molar refractivity (Wildman–Crippen MR) is 81.4 cm³/mol. The van der Waals surface area contributed by atoms with E-state index in [9.17, 15) is 14.5 Å². The molecule has 1 aromatic carbocycles. The molecule has 0 aliphatic heterocycles. The van der Waals surface area contributed by atoms with Gasteiger partial charge in [0.2, 0.25) is 0 Å². The van der Waals surface area contributed by atoms with Gasteiger partial charge in [-0.15, -0.1) is 0 Å². The number of carbonyl (C=O) groups is 1. The zero-order valence-electron chi connectivity index (χ0n) is 11.6. The Balaban J connectivity index is 2.58. The Bertz CT molecular complexity index is 450. The molecule has 20 heavy (non-hydrogen) atoms. The summed E-state index contributed by atoms with van der Waals surface area (Å²) < 4.78 is 12.1. The maximum atomic E-state index is 12.1. The summed E-state index contributed by atoms with van der Waals surface area (Å²) in [7, 11) is -1.98. The first-order valence-electron chi connectivity index (χ1n) is 6.44. The quantitative estimate of drug-likeness (QED) is 0.566. The molecule has 0 aliphatic rings. The van der Waals surface area contributed by atoms with Gasteiger partial charge in [-0.3, -0.25) is 4.79 Å². The van der Waals surface area contributed by atoms with Gasteiger partial charge >= 0.3 is 13.8 Å². The van der Waals surface area contributed by atoms with Crippen LogP contribution in [0.5, 0.6) is 0 Å². The predicted octanol–water partition coefficient (Wildman–Crippen LogP) is 3.63. The van der Waals surface area contributed by atoms with Gasteiger partial charge in [0.05, 0.1) is 0 Å². The van der Waals surface area contributed by atoms with E-state index in [-0.39, 0.29) is 11.4 Å². The third kappa shape index (κ3) is 5.61. The van der Waals surface area contributed by atoms with Crippen molar-refractivity contribution in [2.75, 3.05) is 5.49 Å². The fraction of sp³-hybridized carbons (Fsp3) is 0.500. The van der Waals surface area contributed by atoms with Crippen molar-refractivity contribution in [3.63, 3.8) is 0 Å². The Labute approximate surface area is 124 Å². The molecule has 0 bridgehead atoms. The number of aliphatic hydroxyl groups excluding tert-OH is 1.